The van der Waals surface area contributed by atoms with Crippen molar-refractivity contribution in [2.24, 2.45) is 0 Å². The molecule has 0 aliphatic heterocycles. The number of anilines is 2. The monoisotopic (exact) mass is 277 g/mol. The highest BCUT2D eigenvalue weighted by Gasteiger charge is 2.04. The quantitative estimate of drug-likeness (QED) is 0.768. The molecule has 0 aliphatic rings. The lowest BCUT2D eigenvalue weighted by Gasteiger charge is -2.21. The fourth-order valence-corrected chi connectivity index (χ4v) is 2.04. The lowest BCUT2D eigenvalue weighted by atomic mass is 10.2. The highest BCUT2D eigenvalue weighted by atomic mass is 16.1. The minimum atomic E-state index is 0.0498. The molecule has 0 aliphatic carbocycles. The molecule has 0 aromatic heterocycles. The molecule has 1 aromatic carbocycles. The van der Waals surface area contributed by atoms with Crippen molar-refractivity contribution >= 4 is 17.3 Å². The van der Waals surface area contributed by atoms with E-state index in [2.05, 4.69) is 55.4 Å². The van der Waals surface area contributed by atoms with Crippen molar-refractivity contribution < 1.29 is 4.79 Å². The summed E-state index contributed by atoms with van der Waals surface area (Å²) in [4.78, 5) is 14.0. The van der Waals surface area contributed by atoms with Gasteiger partial charge in [0, 0.05) is 43.5 Å². The van der Waals surface area contributed by atoms with E-state index in [0.29, 0.717) is 19.0 Å². The second kappa shape index (κ2) is 8.59. The third-order valence-corrected chi connectivity index (χ3v) is 3.18. The molecule has 1 rings (SSSR count). The normalized spacial score (nSPS) is 10.7. The lowest BCUT2D eigenvalue weighted by molar-refractivity contribution is -0.116. The Bertz CT molecular complexity index is 397. The van der Waals surface area contributed by atoms with Crippen LogP contribution >= 0.6 is 0 Å². The van der Waals surface area contributed by atoms with Crippen LogP contribution in [0.25, 0.3) is 0 Å². The standard InChI is InChI=1S/C16H27N3O/c1-5-19(6-2)15-9-7-14(8-10-15)18-16(20)11-12-17-13(3)4/h7-10,13,17H,5-6,11-12H2,1-4H3,(H,18,20). The van der Waals surface area contributed by atoms with E-state index in [1.165, 1.54) is 5.69 Å². The van der Waals surface area contributed by atoms with Crippen molar-refractivity contribution in [1.29, 1.82) is 0 Å². The predicted molar refractivity (Wildman–Crippen MR) is 86.4 cm³/mol. The summed E-state index contributed by atoms with van der Waals surface area (Å²) in [5, 5.41) is 6.15. The zero-order chi connectivity index (χ0) is 15.0. The summed E-state index contributed by atoms with van der Waals surface area (Å²) in [6, 6.07) is 8.43. The van der Waals surface area contributed by atoms with Crippen LogP contribution in [-0.4, -0.2) is 31.6 Å². The van der Waals surface area contributed by atoms with Gasteiger partial charge in [-0.25, -0.2) is 0 Å². The van der Waals surface area contributed by atoms with Gasteiger partial charge in [-0.1, -0.05) is 13.8 Å². The summed E-state index contributed by atoms with van der Waals surface area (Å²) < 4.78 is 0. The highest BCUT2D eigenvalue weighted by molar-refractivity contribution is 5.91. The van der Waals surface area contributed by atoms with Crippen LogP contribution in [0.15, 0.2) is 24.3 Å². The summed E-state index contributed by atoms with van der Waals surface area (Å²) in [5.41, 5.74) is 2.05. The minimum Gasteiger partial charge on any atom is -0.372 e. The zero-order valence-electron chi connectivity index (χ0n) is 13.1. The largest absolute Gasteiger partial charge is 0.372 e. The Labute approximate surface area is 122 Å². The fraction of sp³-hybridized carbons (Fsp3) is 0.562. The summed E-state index contributed by atoms with van der Waals surface area (Å²) >= 11 is 0. The van der Waals surface area contributed by atoms with Crippen molar-refractivity contribution in [2.75, 3.05) is 29.9 Å². The molecule has 112 valence electrons. The molecule has 4 nitrogen and oxygen atoms in total. The number of nitrogens with zero attached hydrogens (tertiary/aromatic N) is 1. The number of carbonyl (C=O) groups excluding carboxylic acids is 1. The number of hydrogen-bond acceptors (Lipinski definition) is 3. The Morgan fingerprint density at radius 2 is 1.75 bits per heavy atom. The van der Waals surface area contributed by atoms with Crippen molar-refractivity contribution in [3.05, 3.63) is 24.3 Å². The van der Waals surface area contributed by atoms with Crippen LogP contribution in [0.5, 0.6) is 0 Å². The molecule has 1 amide bonds. The van der Waals surface area contributed by atoms with Crippen LogP contribution < -0.4 is 15.5 Å². The summed E-state index contributed by atoms with van der Waals surface area (Å²) in [7, 11) is 0. The van der Waals surface area contributed by atoms with Gasteiger partial charge in [0.25, 0.3) is 0 Å². The first kappa shape index (κ1) is 16.5. The SMILES string of the molecule is CCN(CC)c1ccc(NC(=O)CCNC(C)C)cc1. The molecular weight excluding hydrogens is 250 g/mol. The molecule has 4 heteroatoms. The molecule has 0 saturated carbocycles. The smallest absolute Gasteiger partial charge is 0.225 e. The molecule has 2 N–H and O–H groups in total. The molecular formula is C16H27N3O. The molecule has 0 unspecified atom stereocenters. The number of rotatable bonds is 8. The number of carbonyl (C=O) groups is 1. The number of nitrogens with one attached hydrogen (secondary N) is 2. The first-order chi connectivity index (χ1) is 9.56. The zero-order valence-corrected chi connectivity index (χ0v) is 13.1. The van der Waals surface area contributed by atoms with Crippen LogP contribution in [-0.2, 0) is 4.79 Å². The molecule has 20 heavy (non-hydrogen) atoms. The van der Waals surface area contributed by atoms with Gasteiger partial charge in [0.1, 0.15) is 0 Å². The molecule has 0 atom stereocenters. The minimum absolute atomic E-state index is 0.0498. The van der Waals surface area contributed by atoms with Gasteiger partial charge < -0.3 is 15.5 Å². The van der Waals surface area contributed by atoms with Gasteiger partial charge in [0.05, 0.1) is 0 Å². The summed E-state index contributed by atoms with van der Waals surface area (Å²) in [6.07, 6.45) is 0.496. The van der Waals surface area contributed by atoms with Gasteiger partial charge in [0.15, 0.2) is 0 Å². The summed E-state index contributed by atoms with van der Waals surface area (Å²) in [6.45, 7) is 11.1. The number of benzene rings is 1. The third-order valence-electron chi connectivity index (χ3n) is 3.18. The maximum Gasteiger partial charge on any atom is 0.225 e. The Hall–Kier alpha value is -1.55. The van der Waals surface area contributed by atoms with Crippen LogP contribution in [0.3, 0.4) is 0 Å². The van der Waals surface area contributed by atoms with Gasteiger partial charge in [-0.15, -0.1) is 0 Å². The van der Waals surface area contributed by atoms with E-state index in [4.69, 9.17) is 0 Å². The van der Waals surface area contributed by atoms with E-state index in [1.54, 1.807) is 0 Å². The van der Waals surface area contributed by atoms with Gasteiger partial charge >= 0.3 is 0 Å². The molecule has 0 radical (unpaired) electrons. The maximum atomic E-state index is 11.8. The lowest BCUT2D eigenvalue weighted by Crippen LogP contribution is -2.27. The van der Waals surface area contributed by atoms with E-state index in [-0.39, 0.29) is 5.91 Å². The topological polar surface area (TPSA) is 44.4 Å². The Kier molecular flexibility index (Phi) is 7.09. The Balaban J connectivity index is 2.46. The predicted octanol–water partition coefficient (Wildman–Crippen LogP) is 2.86. The second-order valence-corrected chi connectivity index (χ2v) is 5.13. The van der Waals surface area contributed by atoms with Crippen molar-refractivity contribution in [2.45, 2.75) is 40.2 Å². The van der Waals surface area contributed by atoms with Gasteiger partial charge in [-0.2, -0.15) is 0 Å². The van der Waals surface area contributed by atoms with Crippen molar-refractivity contribution in [1.82, 2.24) is 5.32 Å². The molecule has 1 aromatic rings. The number of amides is 1. The third kappa shape index (κ3) is 5.61. The van der Waals surface area contributed by atoms with Gasteiger partial charge in [0.2, 0.25) is 5.91 Å². The summed E-state index contributed by atoms with van der Waals surface area (Å²) in [5.74, 6) is 0.0498. The van der Waals surface area contributed by atoms with Gasteiger partial charge in [-0.05, 0) is 38.1 Å². The Morgan fingerprint density at radius 3 is 2.25 bits per heavy atom. The van der Waals surface area contributed by atoms with Crippen LogP contribution in [0.2, 0.25) is 0 Å². The molecule has 0 heterocycles. The molecule has 0 bridgehead atoms. The first-order valence-corrected chi connectivity index (χ1v) is 7.45. The van der Waals surface area contributed by atoms with Crippen molar-refractivity contribution in [3.8, 4) is 0 Å². The second-order valence-electron chi connectivity index (χ2n) is 5.13. The van der Waals surface area contributed by atoms with Crippen LogP contribution in [0.4, 0.5) is 11.4 Å². The number of hydrogen-bond donors (Lipinski definition) is 2. The van der Waals surface area contributed by atoms with Gasteiger partial charge in [-0.3, -0.25) is 4.79 Å². The van der Waals surface area contributed by atoms with Crippen molar-refractivity contribution in [3.63, 3.8) is 0 Å². The van der Waals surface area contributed by atoms with E-state index in [9.17, 15) is 4.79 Å². The molecule has 0 fully saturated rings. The molecule has 0 saturated heterocycles. The highest BCUT2D eigenvalue weighted by Crippen LogP contribution is 2.17. The maximum absolute atomic E-state index is 11.8. The fourth-order valence-electron chi connectivity index (χ4n) is 2.04. The van der Waals surface area contributed by atoms with Crippen LogP contribution in [0, 0.1) is 0 Å². The average Bonchev–Trinajstić information content (AvgIpc) is 2.41. The van der Waals surface area contributed by atoms with E-state index in [1.807, 2.05) is 12.1 Å². The van der Waals surface area contributed by atoms with E-state index in [0.717, 1.165) is 18.8 Å². The van der Waals surface area contributed by atoms with E-state index < -0.39 is 0 Å². The van der Waals surface area contributed by atoms with E-state index >= 15 is 0 Å². The van der Waals surface area contributed by atoms with Crippen LogP contribution in [0.1, 0.15) is 34.1 Å². The Morgan fingerprint density at radius 1 is 1.15 bits per heavy atom. The average molecular weight is 277 g/mol. The molecule has 0 spiro atoms. The first-order valence-electron chi connectivity index (χ1n) is 7.45.